The van der Waals surface area contributed by atoms with Crippen molar-refractivity contribution in [1.82, 2.24) is 15.5 Å². The lowest BCUT2D eigenvalue weighted by atomic mass is 9.78. The summed E-state index contributed by atoms with van der Waals surface area (Å²) in [7, 11) is 0. The van der Waals surface area contributed by atoms with Crippen molar-refractivity contribution in [1.29, 1.82) is 0 Å². The minimum atomic E-state index is -0.361. The minimum Gasteiger partial charge on any atom is -0.424 e. The van der Waals surface area contributed by atoms with Crippen LogP contribution in [0.15, 0.2) is 28.7 Å². The number of aromatic nitrogens is 2. The Bertz CT molecular complexity index is 775. The van der Waals surface area contributed by atoms with Crippen LogP contribution in [0.5, 0.6) is 0 Å². The number of carbonyl (C=O) groups is 2. The van der Waals surface area contributed by atoms with Gasteiger partial charge in [0.25, 0.3) is 0 Å². The smallest absolute Gasteiger partial charge is 0.235 e. The molecule has 1 fully saturated rings. The number of aryl methyl sites for hydroxylation is 1. The summed E-state index contributed by atoms with van der Waals surface area (Å²) in [6, 6.07) is 6.93. The lowest BCUT2D eigenvalue weighted by molar-refractivity contribution is -0.134. The SMILES string of the molecule is Cc1nnc(CNC(=O)[C@H]2CCCC[C@H]2C(=O)Nc2ccc(Cl)cc2)o1. The van der Waals surface area contributed by atoms with E-state index in [-0.39, 0.29) is 30.2 Å². The Hall–Kier alpha value is -2.41. The lowest BCUT2D eigenvalue weighted by Crippen LogP contribution is -2.41. The molecule has 2 atom stereocenters. The zero-order valence-electron chi connectivity index (χ0n) is 14.5. The van der Waals surface area contributed by atoms with E-state index in [2.05, 4.69) is 20.8 Å². The van der Waals surface area contributed by atoms with Crippen molar-refractivity contribution in [2.45, 2.75) is 39.2 Å². The van der Waals surface area contributed by atoms with Gasteiger partial charge in [-0.15, -0.1) is 10.2 Å². The van der Waals surface area contributed by atoms with Gasteiger partial charge in [0.05, 0.1) is 6.54 Å². The highest BCUT2D eigenvalue weighted by Gasteiger charge is 2.35. The van der Waals surface area contributed by atoms with E-state index in [1.807, 2.05) is 0 Å². The molecule has 0 radical (unpaired) electrons. The third-order valence-corrected chi connectivity index (χ3v) is 4.78. The summed E-state index contributed by atoms with van der Waals surface area (Å²) in [5.41, 5.74) is 0.672. The Labute approximate surface area is 156 Å². The fraction of sp³-hybridized carbons (Fsp3) is 0.444. The molecule has 1 aromatic heterocycles. The van der Waals surface area contributed by atoms with Gasteiger partial charge in [0, 0.05) is 29.5 Å². The third kappa shape index (κ3) is 4.60. The van der Waals surface area contributed by atoms with E-state index in [1.54, 1.807) is 31.2 Å². The maximum atomic E-state index is 12.7. The quantitative estimate of drug-likeness (QED) is 0.835. The Balaban J connectivity index is 1.61. The molecule has 8 heteroatoms. The first-order chi connectivity index (χ1) is 12.5. The predicted octanol–water partition coefficient (Wildman–Crippen LogP) is 3.09. The lowest BCUT2D eigenvalue weighted by Gasteiger charge is -2.29. The van der Waals surface area contributed by atoms with Gasteiger partial charge in [0.15, 0.2) is 0 Å². The summed E-state index contributed by atoms with van der Waals surface area (Å²) >= 11 is 5.87. The van der Waals surface area contributed by atoms with E-state index in [0.29, 0.717) is 35.3 Å². The second kappa shape index (κ2) is 8.31. The number of nitrogens with zero attached hydrogens (tertiary/aromatic N) is 2. The van der Waals surface area contributed by atoms with Crippen molar-refractivity contribution in [3.63, 3.8) is 0 Å². The van der Waals surface area contributed by atoms with E-state index in [4.69, 9.17) is 16.0 Å². The van der Waals surface area contributed by atoms with Gasteiger partial charge in [-0.2, -0.15) is 0 Å². The maximum Gasteiger partial charge on any atom is 0.235 e. The minimum absolute atomic E-state index is 0.138. The predicted molar refractivity (Wildman–Crippen MR) is 96.4 cm³/mol. The highest BCUT2D eigenvalue weighted by molar-refractivity contribution is 6.30. The molecule has 1 aliphatic rings. The van der Waals surface area contributed by atoms with Crippen LogP contribution in [-0.2, 0) is 16.1 Å². The molecule has 0 bridgehead atoms. The van der Waals surface area contributed by atoms with Gasteiger partial charge in [-0.1, -0.05) is 24.4 Å². The molecule has 0 unspecified atom stereocenters. The molecular weight excluding hydrogens is 356 g/mol. The molecule has 0 saturated heterocycles. The van der Waals surface area contributed by atoms with Gasteiger partial charge < -0.3 is 15.1 Å². The summed E-state index contributed by atoms with van der Waals surface area (Å²) in [6.45, 7) is 1.86. The van der Waals surface area contributed by atoms with Gasteiger partial charge in [0.1, 0.15) is 0 Å². The van der Waals surface area contributed by atoms with Crippen LogP contribution in [-0.4, -0.2) is 22.0 Å². The van der Waals surface area contributed by atoms with E-state index in [1.165, 1.54) is 0 Å². The number of halogens is 1. The molecular formula is C18H21ClN4O3. The van der Waals surface area contributed by atoms with Crippen molar-refractivity contribution < 1.29 is 14.0 Å². The topological polar surface area (TPSA) is 97.1 Å². The summed E-state index contributed by atoms with van der Waals surface area (Å²) in [6.07, 6.45) is 3.25. The normalized spacial score (nSPS) is 19.8. The average molecular weight is 377 g/mol. The number of nitrogens with one attached hydrogen (secondary N) is 2. The number of hydrogen-bond donors (Lipinski definition) is 2. The first-order valence-electron chi connectivity index (χ1n) is 8.66. The zero-order valence-corrected chi connectivity index (χ0v) is 15.3. The van der Waals surface area contributed by atoms with Gasteiger partial charge in [-0.3, -0.25) is 9.59 Å². The molecule has 1 aliphatic carbocycles. The molecule has 2 amide bonds. The van der Waals surface area contributed by atoms with E-state index >= 15 is 0 Å². The van der Waals surface area contributed by atoms with Gasteiger partial charge in [0.2, 0.25) is 23.6 Å². The van der Waals surface area contributed by atoms with Gasteiger partial charge >= 0.3 is 0 Å². The van der Waals surface area contributed by atoms with E-state index in [0.717, 1.165) is 12.8 Å². The van der Waals surface area contributed by atoms with Crippen molar-refractivity contribution >= 4 is 29.1 Å². The van der Waals surface area contributed by atoms with Crippen molar-refractivity contribution in [3.8, 4) is 0 Å². The van der Waals surface area contributed by atoms with Crippen LogP contribution in [0.4, 0.5) is 5.69 Å². The molecule has 0 spiro atoms. The maximum absolute atomic E-state index is 12.7. The zero-order chi connectivity index (χ0) is 18.5. The third-order valence-electron chi connectivity index (χ3n) is 4.53. The molecule has 1 saturated carbocycles. The van der Waals surface area contributed by atoms with Crippen molar-refractivity contribution in [2.24, 2.45) is 11.8 Å². The molecule has 1 heterocycles. The van der Waals surface area contributed by atoms with Crippen LogP contribution in [0.2, 0.25) is 5.02 Å². The van der Waals surface area contributed by atoms with Crippen LogP contribution < -0.4 is 10.6 Å². The molecule has 2 N–H and O–H groups in total. The van der Waals surface area contributed by atoms with Gasteiger partial charge in [-0.25, -0.2) is 0 Å². The highest BCUT2D eigenvalue weighted by Crippen LogP contribution is 2.31. The summed E-state index contributed by atoms with van der Waals surface area (Å²) in [5, 5.41) is 13.9. The Morgan fingerprint density at radius 2 is 1.77 bits per heavy atom. The summed E-state index contributed by atoms with van der Waals surface area (Å²) in [4.78, 5) is 25.3. The molecule has 2 aromatic rings. The number of hydrogen-bond acceptors (Lipinski definition) is 5. The molecule has 26 heavy (non-hydrogen) atoms. The van der Waals surface area contributed by atoms with E-state index < -0.39 is 0 Å². The molecule has 138 valence electrons. The van der Waals surface area contributed by atoms with Crippen molar-refractivity contribution in [2.75, 3.05) is 5.32 Å². The largest absolute Gasteiger partial charge is 0.424 e. The Morgan fingerprint density at radius 1 is 1.12 bits per heavy atom. The number of rotatable bonds is 5. The standard InChI is InChI=1S/C18H21ClN4O3/c1-11-22-23-16(26-11)10-20-17(24)14-4-2-3-5-15(14)18(25)21-13-8-6-12(19)7-9-13/h6-9,14-15H,2-5,10H2,1H3,(H,20,24)(H,21,25)/t14-,15+/m0/s1. The molecule has 0 aliphatic heterocycles. The van der Waals surface area contributed by atoms with E-state index in [9.17, 15) is 9.59 Å². The van der Waals surface area contributed by atoms with Crippen LogP contribution in [0.3, 0.4) is 0 Å². The summed E-state index contributed by atoms with van der Waals surface area (Å²) in [5.74, 6) is -0.206. The number of carbonyl (C=O) groups excluding carboxylic acids is 2. The molecule has 7 nitrogen and oxygen atoms in total. The first kappa shape index (κ1) is 18.4. The monoisotopic (exact) mass is 376 g/mol. The number of benzene rings is 1. The second-order valence-electron chi connectivity index (χ2n) is 6.43. The molecule has 3 rings (SSSR count). The summed E-state index contributed by atoms with van der Waals surface area (Å²) < 4.78 is 5.26. The van der Waals surface area contributed by atoms with Crippen molar-refractivity contribution in [3.05, 3.63) is 41.1 Å². The fourth-order valence-electron chi connectivity index (χ4n) is 3.23. The highest BCUT2D eigenvalue weighted by atomic mass is 35.5. The number of anilines is 1. The van der Waals surface area contributed by atoms with Gasteiger partial charge in [-0.05, 0) is 37.1 Å². The van der Waals surface area contributed by atoms with Crippen LogP contribution >= 0.6 is 11.6 Å². The second-order valence-corrected chi connectivity index (χ2v) is 6.86. The average Bonchev–Trinajstić information content (AvgIpc) is 3.07. The number of amides is 2. The Morgan fingerprint density at radius 3 is 2.38 bits per heavy atom. The van der Waals surface area contributed by atoms with Crippen LogP contribution in [0, 0.1) is 18.8 Å². The fourth-order valence-corrected chi connectivity index (χ4v) is 3.36. The van der Waals surface area contributed by atoms with Crippen LogP contribution in [0.25, 0.3) is 0 Å². The first-order valence-corrected chi connectivity index (χ1v) is 9.04. The Kier molecular flexibility index (Phi) is 5.88. The molecule has 1 aromatic carbocycles. The van der Waals surface area contributed by atoms with Crippen LogP contribution in [0.1, 0.15) is 37.5 Å².